The summed E-state index contributed by atoms with van der Waals surface area (Å²) in [5.74, 6) is 1.00. The average molecular weight is 1010 g/mol. The molecule has 11 aromatic rings. The van der Waals surface area contributed by atoms with Gasteiger partial charge in [0.1, 0.15) is 0 Å². The van der Waals surface area contributed by atoms with Crippen LogP contribution in [-0.4, -0.2) is 5.75 Å². The number of allylic oxidation sites excluding steroid dienone is 3. The van der Waals surface area contributed by atoms with E-state index >= 15 is 0 Å². The Kier molecular flexibility index (Phi) is 13.9. The van der Waals surface area contributed by atoms with Crippen molar-refractivity contribution in [1.29, 1.82) is 0 Å². The van der Waals surface area contributed by atoms with Crippen LogP contribution in [0.3, 0.4) is 0 Å². The molecule has 0 radical (unpaired) electrons. The standard InChI is InChI=1S/C76H64S/c77-48-20-6-4-2-1-3-5-9-23-52-28-14-15-33-62(52)58-31-22-32-61(49-58)74-69-46-42-60(66-37-19-17-35-64(66)54-26-12-8-13-27-54)51-72(69)76(68-45-41-57-39-38-55-29-21-30-56-40-44-67(68)75(57)73(55)56)70-47-43-59(50-71(70)74)65-36-18-16-34-63(65)53-24-10-7-11-25-53/h7-8,10-19,21-22,24-29,31-43,45-47,49-51,77H,1-6,9,20,23,30,44,48H2. The van der Waals surface area contributed by atoms with Crippen molar-refractivity contribution in [2.75, 3.05) is 5.75 Å². The second-order valence-electron chi connectivity index (χ2n) is 21.4. The summed E-state index contributed by atoms with van der Waals surface area (Å²) in [4.78, 5) is 0. The maximum Gasteiger partial charge on any atom is -0.00230 e. The van der Waals surface area contributed by atoms with E-state index in [2.05, 4.69) is 249 Å². The summed E-state index contributed by atoms with van der Waals surface area (Å²) in [6.45, 7) is 0. The van der Waals surface area contributed by atoms with Gasteiger partial charge in [-0.3, -0.25) is 0 Å². The van der Waals surface area contributed by atoms with E-state index in [-0.39, 0.29) is 0 Å². The molecule has 11 aromatic carbocycles. The molecular weight excluding hydrogens is 945 g/mol. The molecule has 0 fully saturated rings. The molecule has 2 aliphatic carbocycles. The smallest absolute Gasteiger partial charge is 0.00230 e. The van der Waals surface area contributed by atoms with E-state index < -0.39 is 0 Å². The summed E-state index contributed by atoms with van der Waals surface area (Å²) < 4.78 is 0. The van der Waals surface area contributed by atoms with Crippen molar-refractivity contribution in [1.82, 2.24) is 0 Å². The number of thiol groups is 1. The van der Waals surface area contributed by atoms with E-state index in [1.165, 1.54) is 189 Å². The minimum Gasteiger partial charge on any atom is -0.179 e. The zero-order chi connectivity index (χ0) is 51.5. The average Bonchev–Trinajstić information content (AvgIpc) is 3.62. The molecule has 13 rings (SSSR count). The molecule has 1 heteroatoms. The van der Waals surface area contributed by atoms with Gasteiger partial charge in [0.25, 0.3) is 0 Å². The number of hydrogen-bond donors (Lipinski definition) is 1. The molecule has 0 unspecified atom stereocenters. The van der Waals surface area contributed by atoms with E-state index in [4.69, 9.17) is 0 Å². The van der Waals surface area contributed by atoms with Gasteiger partial charge < -0.3 is 0 Å². The highest BCUT2D eigenvalue weighted by molar-refractivity contribution is 7.80. The van der Waals surface area contributed by atoms with Gasteiger partial charge in [-0.05, 0) is 194 Å². The predicted octanol–water partition coefficient (Wildman–Crippen LogP) is 21.8. The Morgan fingerprint density at radius 1 is 0.338 bits per heavy atom. The van der Waals surface area contributed by atoms with Crippen molar-refractivity contribution in [2.24, 2.45) is 0 Å². The van der Waals surface area contributed by atoms with Gasteiger partial charge in [-0.15, -0.1) is 0 Å². The van der Waals surface area contributed by atoms with Gasteiger partial charge in [0.05, 0.1) is 0 Å². The number of fused-ring (bicyclic) bond motifs is 2. The van der Waals surface area contributed by atoms with Crippen LogP contribution in [0.1, 0.15) is 80.0 Å². The van der Waals surface area contributed by atoms with Crippen LogP contribution in [0.2, 0.25) is 0 Å². The molecule has 0 saturated heterocycles. The monoisotopic (exact) mass is 1010 g/mol. The minimum atomic E-state index is 0.897. The van der Waals surface area contributed by atoms with Crippen LogP contribution < -0.4 is 0 Å². The topological polar surface area (TPSA) is 0 Å². The lowest BCUT2D eigenvalue weighted by molar-refractivity contribution is 0.577. The van der Waals surface area contributed by atoms with Crippen LogP contribution >= 0.6 is 12.6 Å². The van der Waals surface area contributed by atoms with Crippen LogP contribution in [0.5, 0.6) is 0 Å². The Balaban J connectivity index is 1.05. The van der Waals surface area contributed by atoms with Crippen LogP contribution in [0.4, 0.5) is 0 Å². The van der Waals surface area contributed by atoms with E-state index in [0.29, 0.717) is 0 Å². The lowest BCUT2D eigenvalue weighted by Crippen LogP contribution is -2.05. The van der Waals surface area contributed by atoms with Crippen LogP contribution in [0.15, 0.2) is 231 Å². The predicted molar refractivity (Wildman–Crippen MR) is 337 cm³/mol. The summed E-state index contributed by atoms with van der Waals surface area (Å²) in [7, 11) is 0. The fourth-order valence-corrected chi connectivity index (χ4v) is 13.2. The van der Waals surface area contributed by atoms with Crippen molar-refractivity contribution >= 4 is 56.6 Å². The van der Waals surface area contributed by atoms with E-state index in [0.717, 1.165) is 25.0 Å². The summed E-state index contributed by atoms with van der Waals surface area (Å²) in [5, 5.41) is 7.79. The number of benzene rings is 11. The number of unbranched alkanes of at least 4 members (excludes halogenated alkanes) is 7. The second kappa shape index (κ2) is 21.9. The molecule has 77 heavy (non-hydrogen) atoms. The van der Waals surface area contributed by atoms with E-state index in [9.17, 15) is 0 Å². The summed E-state index contributed by atoms with van der Waals surface area (Å²) in [6.07, 6.45) is 20.5. The lowest BCUT2D eigenvalue weighted by Gasteiger charge is -2.27. The molecule has 0 amide bonds. The molecule has 0 nitrogen and oxygen atoms in total. The van der Waals surface area contributed by atoms with E-state index in [1.807, 2.05) is 0 Å². The first kappa shape index (κ1) is 48.7. The maximum absolute atomic E-state index is 4.41. The summed E-state index contributed by atoms with van der Waals surface area (Å²) >= 11 is 4.41. The first-order valence-corrected chi connectivity index (χ1v) is 28.9. The maximum atomic E-state index is 4.41. The number of hydrogen-bond acceptors (Lipinski definition) is 1. The summed E-state index contributed by atoms with van der Waals surface area (Å²) in [5.41, 5.74) is 24.6. The molecule has 0 spiro atoms. The van der Waals surface area contributed by atoms with Crippen molar-refractivity contribution in [3.63, 3.8) is 0 Å². The SMILES string of the molecule is SCCCCCCCCCCc1ccccc1-c1cccc(-c2c3cc(-c4ccccc4-c4ccccc4)ccc3c(-c3ccc4ccc5c6c4c3CC=C6CC=C5)c3cc(-c4ccccc4-c4ccccc4)ccc23)c1. The fraction of sp³-hybridized carbons (Fsp3) is 0.158. The minimum absolute atomic E-state index is 0.897. The van der Waals surface area contributed by atoms with Gasteiger partial charge in [-0.1, -0.05) is 257 Å². The van der Waals surface area contributed by atoms with Gasteiger partial charge in [0.15, 0.2) is 0 Å². The summed E-state index contributed by atoms with van der Waals surface area (Å²) in [6, 6.07) is 82.6. The lowest BCUT2D eigenvalue weighted by atomic mass is 9.77. The number of rotatable bonds is 17. The molecule has 0 aromatic heterocycles. The van der Waals surface area contributed by atoms with Crippen molar-refractivity contribution in [2.45, 2.75) is 70.6 Å². The Morgan fingerprint density at radius 3 is 1.52 bits per heavy atom. The van der Waals surface area contributed by atoms with Crippen molar-refractivity contribution in [3.8, 4) is 77.9 Å². The Morgan fingerprint density at radius 2 is 0.857 bits per heavy atom. The molecule has 0 atom stereocenters. The van der Waals surface area contributed by atoms with Gasteiger partial charge in [0.2, 0.25) is 0 Å². The van der Waals surface area contributed by atoms with Gasteiger partial charge in [-0.25, -0.2) is 0 Å². The normalized spacial score (nSPS) is 12.7. The molecular formula is C76H64S. The zero-order valence-electron chi connectivity index (χ0n) is 43.9. The van der Waals surface area contributed by atoms with Crippen LogP contribution in [-0.2, 0) is 12.8 Å². The quantitative estimate of drug-likeness (QED) is 0.0525. The fourth-order valence-electron chi connectivity index (χ4n) is 13.0. The van der Waals surface area contributed by atoms with Crippen LogP contribution in [0.25, 0.3) is 122 Å². The van der Waals surface area contributed by atoms with Gasteiger partial charge in [0, 0.05) is 0 Å². The molecule has 0 saturated carbocycles. The molecule has 2 aliphatic rings. The van der Waals surface area contributed by atoms with Crippen molar-refractivity contribution in [3.05, 3.63) is 253 Å². The third kappa shape index (κ3) is 9.46. The third-order valence-electron chi connectivity index (χ3n) is 16.7. The first-order chi connectivity index (χ1) is 38.2. The largest absolute Gasteiger partial charge is 0.179 e. The highest BCUT2D eigenvalue weighted by Gasteiger charge is 2.26. The molecule has 0 heterocycles. The molecule has 0 bridgehead atoms. The van der Waals surface area contributed by atoms with Crippen molar-refractivity contribution < 1.29 is 0 Å². The Hall–Kier alpha value is -7.97. The van der Waals surface area contributed by atoms with E-state index in [1.54, 1.807) is 0 Å². The molecule has 0 N–H and O–H groups in total. The second-order valence-corrected chi connectivity index (χ2v) is 21.8. The first-order valence-electron chi connectivity index (χ1n) is 28.3. The van der Waals surface area contributed by atoms with Crippen LogP contribution in [0, 0.1) is 0 Å². The highest BCUT2D eigenvalue weighted by Crippen LogP contribution is 2.51. The van der Waals surface area contributed by atoms with Gasteiger partial charge in [-0.2, -0.15) is 12.6 Å². The highest BCUT2D eigenvalue weighted by atomic mass is 32.1. The molecule has 374 valence electrons. The number of aryl methyl sites for hydroxylation is 1. The Bertz CT molecular complexity index is 4040. The van der Waals surface area contributed by atoms with Gasteiger partial charge >= 0.3 is 0 Å². The Labute approximate surface area is 460 Å². The molecule has 0 aliphatic heterocycles. The third-order valence-corrected chi connectivity index (χ3v) is 17.0. The zero-order valence-corrected chi connectivity index (χ0v) is 44.8.